The van der Waals surface area contributed by atoms with Gasteiger partial charge in [0, 0.05) is 74.3 Å². The number of fused-ring (bicyclic) bond motifs is 1. The Hall–Kier alpha value is -6.53. The third kappa shape index (κ3) is 21.9. The van der Waals surface area contributed by atoms with E-state index >= 15 is 28.8 Å². The van der Waals surface area contributed by atoms with Crippen molar-refractivity contribution in [3.8, 4) is 0 Å². The molecule has 0 aromatic carbocycles. The molecule has 1 spiro atoms. The summed E-state index contributed by atoms with van der Waals surface area (Å²) in [4.78, 5) is 191. The molecule has 3 unspecified atom stereocenters. The first kappa shape index (κ1) is 85.7. The molecule has 105 heavy (non-hydrogen) atoms. The normalized spacial score (nSPS) is 30.7. The van der Waals surface area contributed by atoms with Crippen LogP contribution in [0.25, 0.3) is 0 Å². The Morgan fingerprint density at radius 1 is 0.590 bits per heavy atom. The van der Waals surface area contributed by atoms with Crippen molar-refractivity contribution in [2.24, 2.45) is 41.4 Å². The van der Waals surface area contributed by atoms with E-state index in [1.807, 2.05) is 13.8 Å². The van der Waals surface area contributed by atoms with Gasteiger partial charge < -0.3 is 64.8 Å². The number of nitrogens with one attached hydrogen (secondary N) is 3. The number of rotatable bonds is 11. The van der Waals surface area contributed by atoms with Crippen LogP contribution < -0.4 is 16.0 Å². The minimum absolute atomic E-state index is 0.00299. The zero-order chi connectivity index (χ0) is 77.7. The van der Waals surface area contributed by atoms with Crippen LogP contribution in [0.15, 0.2) is 0 Å². The van der Waals surface area contributed by atoms with Gasteiger partial charge in [0.15, 0.2) is 0 Å². The van der Waals surface area contributed by atoms with Crippen molar-refractivity contribution in [2.45, 2.75) is 247 Å². The number of hydrogen-bond acceptors (Lipinski definition) is 13. The second-order valence-electron chi connectivity index (χ2n) is 31.6. The lowest BCUT2D eigenvalue weighted by Gasteiger charge is -2.43. The number of amides is 12. The Kier molecular flexibility index (Phi) is 30.6. The number of likely N-dealkylation sites (N-methyl/N-ethyl adjacent to an activating group) is 7. The minimum Gasteiger partial charge on any atom is -0.378 e. The lowest BCUT2D eigenvalue weighted by atomic mass is 9.78. The molecule has 4 aliphatic carbocycles. The van der Waals surface area contributed by atoms with Gasteiger partial charge in [0.25, 0.3) is 0 Å². The molecule has 3 aliphatic heterocycles. The SMILES string of the molecule is CC[C@H](C)[C@@H]1NC(=O)[C@H](CC(C)C)N(C)C(=O)C[C@@H](C(=O)N2CCOCC2)N(C)C(=O)[C@H](C2CCCCC2)N(C)C(=O)C2(CCCC2)NC(=O)[C@@H]2CCCN2C(=O)[C@H](CCC2CCC(C(F)(F)F)C(Cl)C2)NC(=O)CN(C)C(=O)[C@H](CC2CCC(C(F)(F)F)CC2)N(C)C(=O)CN(C)C(=O)CN(C)C1=O. The zero-order valence-electron chi connectivity index (χ0n) is 63.3. The van der Waals surface area contributed by atoms with Crippen LogP contribution in [0.3, 0.4) is 0 Å². The molecule has 4 saturated carbocycles. The van der Waals surface area contributed by atoms with Gasteiger partial charge in [-0.25, -0.2) is 0 Å². The fraction of sp³-hybridized carbons (Fsp3) is 0.836. The average molecular weight is 1520 g/mol. The Morgan fingerprint density at radius 2 is 1.19 bits per heavy atom. The van der Waals surface area contributed by atoms with Crippen LogP contribution in [0.2, 0.25) is 0 Å². The highest BCUT2D eigenvalue weighted by molar-refractivity contribution is 6.21. The number of alkyl halides is 7. The van der Waals surface area contributed by atoms with Gasteiger partial charge in [-0.05, 0) is 139 Å². The first-order valence-electron chi connectivity index (χ1n) is 38.0. The fourth-order valence-corrected chi connectivity index (χ4v) is 17.3. The molecule has 32 heteroatoms. The molecule has 3 heterocycles. The lowest BCUT2D eigenvalue weighted by molar-refractivity contribution is -0.184. The van der Waals surface area contributed by atoms with Crippen LogP contribution in [-0.2, 0) is 62.3 Å². The molecule has 11 atom stereocenters. The fourth-order valence-electron chi connectivity index (χ4n) is 16.8. The van der Waals surface area contributed by atoms with Crippen LogP contribution in [0, 0.1) is 41.4 Å². The Bertz CT molecular complexity index is 3070. The van der Waals surface area contributed by atoms with E-state index in [1.54, 1.807) is 13.8 Å². The predicted octanol–water partition coefficient (Wildman–Crippen LogP) is 6.12. The lowest BCUT2D eigenvalue weighted by Crippen LogP contribution is -2.65. The summed E-state index contributed by atoms with van der Waals surface area (Å²) in [6.45, 7) is 5.75. The Morgan fingerprint density at radius 3 is 1.78 bits per heavy atom. The van der Waals surface area contributed by atoms with Crippen LogP contribution >= 0.6 is 11.6 Å². The van der Waals surface area contributed by atoms with Gasteiger partial charge in [-0.1, -0.05) is 66.2 Å². The number of halogens is 7. The molecule has 0 aromatic rings. The van der Waals surface area contributed by atoms with Gasteiger partial charge in [0.05, 0.1) is 51.1 Å². The van der Waals surface area contributed by atoms with Gasteiger partial charge in [-0.2, -0.15) is 26.3 Å². The smallest absolute Gasteiger partial charge is 0.378 e. The van der Waals surface area contributed by atoms with Crippen molar-refractivity contribution in [3.05, 3.63) is 0 Å². The topological polar surface area (TPSA) is 279 Å². The van der Waals surface area contributed by atoms with Crippen molar-refractivity contribution in [1.29, 1.82) is 0 Å². The number of hydrogen-bond donors (Lipinski definition) is 3. The van der Waals surface area contributed by atoms with Crippen molar-refractivity contribution in [2.75, 3.05) is 102 Å². The second-order valence-corrected chi connectivity index (χ2v) is 32.1. The van der Waals surface area contributed by atoms with E-state index in [4.69, 9.17) is 16.3 Å². The van der Waals surface area contributed by atoms with E-state index in [0.29, 0.717) is 51.4 Å². The summed E-state index contributed by atoms with van der Waals surface area (Å²) in [5.74, 6) is -14.2. The molecule has 7 aliphatic rings. The van der Waals surface area contributed by atoms with Crippen molar-refractivity contribution in [3.63, 3.8) is 0 Å². The Labute approximate surface area is 619 Å². The summed E-state index contributed by atoms with van der Waals surface area (Å²) < 4.78 is 89.6. The molecule has 7 rings (SSSR count). The molecule has 0 aromatic heterocycles. The zero-order valence-corrected chi connectivity index (χ0v) is 64.0. The standard InChI is InChI=1S/C73H115ClF6N12O13/c1-12-45(4)61-68(102)86(7)42-59(95)84(5)43-60(96)88(9)55(39-47-22-26-49(27-23-47)72(75,76)77)66(100)85(6)41-57(93)81-52(29-25-46-24-28-50(51(74)38-46)73(78,79)80)65(99)92-32-18-21-53(92)64(98)83-71(30-16-17-31-71)70(104)90(11)62(48-19-14-13-15-20-48)69(103)89(10)56(67(101)91-33-35-105-36-34-91)40-58(94)87(8)54(37-44(2)3)63(97)82-61/h44-56,61-62H,12-43H2,1-11H3,(H,81,93)(H,82,97)(H,83,98)/t45-,46?,47?,49?,50?,51?,52-,53-,54-,55-,56-,61-,62-/m0/s1. The molecule has 0 radical (unpaired) electrons. The van der Waals surface area contributed by atoms with Gasteiger partial charge in [0.2, 0.25) is 70.9 Å². The highest BCUT2D eigenvalue weighted by Crippen LogP contribution is 2.45. The van der Waals surface area contributed by atoms with Gasteiger partial charge in [0.1, 0.15) is 47.8 Å². The summed E-state index contributed by atoms with van der Waals surface area (Å²) in [6, 6.07) is -9.31. The van der Waals surface area contributed by atoms with Gasteiger partial charge in [-0.3, -0.25) is 57.5 Å². The molecule has 0 bridgehead atoms. The van der Waals surface area contributed by atoms with Crippen LogP contribution in [0.4, 0.5) is 26.3 Å². The maximum atomic E-state index is 15.8. The molecule has 3 saturated heterocycles. The number of carbonyl (C=O) groups is 12. The monoisotopic (exact) mass is 1520 g/mol. The van der Waals surface area contributed by atoms with Crippen LogP contribution in [-0.4, -0.2) is 282 Å². The van der Waals surface area contributed by atoms with E-state index in [-0.39, 0.29) is 129 Å². The molecule has 12 amide bonds. The summed E-state index contributed by atoms with van der Waals surface area (Å²) in [5.41, 5.74) is -1.61. The summed E-state index contributed by atoms with van der Waals surface area (Å²) in [5, 5.41) is 7.39. The molecule has 3 N–H and O–H groups in total. The molecule has 594 valence electrons. The summed E-state index contributed by atoms with van der Waals surface area (Å²) in [6.07, 6.45) is -5.10. The van der Waals surface area contributed by atoms with E-state index < -0.39 is 198 Å². The van der Waals surface area contributed by atoms with Crippen LogP contribution in [0.1, 0.15) is 182 Å². The highest BCUT2D eigenvalue weighted by atomic mass is 35.5. The third-order valence-electron chi connectivity index (χ3n) is 23.7. The predicted molar refractivity (Wildman–Crippen MR) is 376 cm³/mol. The summed E-state index contributed by atoms with van der Waals surface area (Å²) in [7, 11) is 9.46. The number of morpholine rings is 1. The second kappa shape index (κ2) is 37.5. The largest absolute Gasteiger partial charge is 0.393 e. The van der Waals surface area contributed by atoms with E-state index in [1.165, 1.54) is 73.8 Å². The number of carbonyl (C=O) groups excluding carboxylic acids is 12. The maximum absolute atomic E-state index is 15.8. The van der Waals surface area contributed by atoms with E-state index in [9.17, 15) is 55.1 Å². The number of nitrogens with zero attached hydrogens (tertiary/aromatic N) is 9. The van der Waals surface area contributed by atoms with Crippen LogP contribution in [0.5, 0.6) is 0 Å². The quantitative estimate of drug-likeness (QED) is 0.156. The van der Waals surface area contributed by atoms with Crippen molar-refractivity contribution < 1.29 is 88.6 Å². The minimum atomic E-state index is -4.55. The van der Waals surface area contributed by atoms with E-state index in [0.717, 1.165) is 26.0 Å². The summed E-state index contributed by atoms with van der Waals surface area (Å²) >= 11 is 6.39. The third-order valence-corrected chi connectivity index (χ3v) is 24.2. The molecular formula is C73H115ClF6N12O13. The van der Waals surface area contributed by atoms with Crippen molar-refractivity contribution in [1.82, 2.24) is 60.0 Å². The Balaban J connectivity index is 1.28. The molecule has 7 fully saturated rings. The first-order valence-corrected chi connectivity index (χ1v) is 38.4. The molecular weight excluding hydrogens is 1400 g/mol. The average Bonchev–Trinajstić information content (AvgIpc) is 1.75. The van der Waals surface area contributed by atoms with Gasteiger partial charge >= 0.3 is 12.4 Å². The van der Waals surface area contributed by atoms with Gasteiger partial charge in [-0.15, -0.1) is 11.6 Å². The highest BCUT2D eigenvalue weighted by Gasteiger charge is 2.53. The van der Waals surface area contributed by atoms with E-state index in [2.05, 4.69) is 16.0 Å². The maximum Gasteiger partial charge on any atom is 0.393 e. The molecule has 25 nitrogen and oxygen atoms in total. The van der Waals surface area contributed by atoms with Crippen molar-refractivity contribution >= 4 is 82.5 Å². The number of ether oxygens (including phenoxy) is 1. The first-order chi connectivity index (χ1) is 49.3.